The van der Waals surface area contributed by atoms with Gasteiger partial charge in [-0.1, -0.05) is 6.07 Å². The largest absolute Gasteiger partial charge is 0.455 e. The lowest BCUT2D eigenvalue weighted by Crippen LogP contribution is -2.02. The molecule has 3 aromatic rings. The zero-order valence-electron chi connectivity index (χ0n) is 11.6. The highest BCUT2D eigenvalue weighted by molar-refractivity contribution is 7.16. The van der Waals surface area contributed by atoms with Gasteiger partial charge in [-0.3, -0.25) is 0 Å². The Morgan fingerprint density at radius 2 is 1.90 bits per heavy atom. The third-order valence-electron chi connectivity index (χ3n) is 4.05. The number of hydrogen-bond donors (Lipinski definition) is 1. The maximum absolute atomic E-state index is 6.17. The van der Waals surface area contributed by atoms with E-state index in [0.717, 1.165) is 22.4 Å². The molecular formula is C17H16N2OS. The summed E-state index contributed by atoms with van der Waals surface area (Å²) >= 11 is 1.59. The van der Waals surface area contributed by atoms with Crippen molar-refractivity contribution < 1.29 is 4.74 Å². The molecule has 0 bridgehead atoms. The van der Waals surface area contributed by atoms with E-state index < -0.39 is 0 Å². The van der Waals surface area contributed by atoms with Gasteiger partial charge in [-0.2, -0.15) is 0 Å². The SMILES string of the molecule is Nc1c(Oc2ccc3c(c2)CCCC3)ccc2scnc12. The Kier molecular flexibility index (Phi) is 3.04. The van der Waals surface area contributed by atoms with E-state index in [9.17, 15) is 0 Å². The van der Waals surface area contributed by atoms with Crippen LogP contribution in [0.2, 0.25) is 0 Å². The number of nitrogen functional groups attached to an aromatic ring is 1. The van der Waals surface area contributed by atoms with Gasteiger partial charge in [0, 0.05) is 0 Å². The standard InChI is InChI=1S/C17H16N2OS/c18-16-14(7-8-15-17(16)19-10-21-15)20-13-6-5-11-3-1-2-4-12(11)9-13/h5-10H,1-4,18H2. The summed E-state index contributed by atoms with van der Waals surface area (Å²) in [6, 6.07) is 10.3. The lowest BCUT2D eigenvalue weighted by atomic mass is 9.92. The first-order chi connectivity index (χ1) is 10.3. The van der Waals surface area contributed by atoms with E-state index in [0.29, 0.717) is 11.4 Å². The van der Waals surface area contributed by atoms with Gasteiger partial charge in [0.15, 0.2) is 5.75 Å². The summed E-state index contributed by atoms with van der Waals surface area (Å²) in [5.41, 5.74) is 12.3. The molecule has 2 N–H and O–H groups in total. The van der Waals surface area contributed by atoms with Crippen LogP contribution in [-0.2, 0) is 12.8 Å². The van der Waals surface area contributed by atoms with Crippen LogP contribution in [0.25, 0.3) is 10.2 Å². The van der Waals surface area contributed by atoms with Crippen LogP contribution in [0.4, 0.5) is 5.69 Å². The monoisotopic (exact) mass is 296 g/mol. The van der Waals surface area contributed by atoms with Crippen LogP contribution >= 0.6 is 11.3 Å². The second-order valence-electron chi connectivity index (χ2n) is 5.42. The Bertz CT molecular complexity index is 810. The van der Waals surface area contributed by atoms with Gasteiger partial charge in [-0.25, -0.2) is 4.98 Å². The molecule has 0 atom stereocenters. The second kappa shape index (κ2) is 5.04. The van der Waals surface area contributed by atoms with Crippen LogP contribution in [0.3, 0.4) is 0 Å². The van der Waals surface area contributed by atoms with Crippen molar-refractivity contribution >= 4 is 27.2 Å². The first-order valence-corrected chi connectivity index (χ1v) is 8.10. The van der Waals surface area contributed by atoms with Crippen molar-refractivity contribution in [3.05, 3.63) is 47.0 Å². The van der Waals surface area contributed by atoms with Crippen molar-refractivity contribution in [1.29, 1.82) is 0 Å². The number of benzene rings is 2. The highest BCUT2D eigenvalue weighted by Gasteiger charge is 2.12. The van der Waals surface area contributed by atoms with Crippen LogP contribution in [0.15, 0.2) is 35.8 Å². The predicted molar refractivity (Wildman–Crippen MR) is 87.2 cm³/mol. The van der Waals surface area contributed by atoms with Crippen LogP contribution < -0.4 is 10.5 Å². The van der Waals surface area contributed by atoms with Gasteiger partial charge in [-0.05, 0) is 61.1 Å². The number of hydrogen-bond acceptors (Lipinski definition) is 4. The number of fused-ring (bicyclic) bond motifs is 2. The van der Waals surface area contributed by atoms with Gasteiger partial charge in [0.25, 0.3) is 0 Å². The van der Waals surface area contributed by atoms with E-state index in [1.165, 1.54) is 30.4 Å². The van der Waals surface area contributed by atoms with Crippen LogP contribution in [0.5, 0.6) is 11.5 Å². The Morgan fingerprint density at radius 3 is 2.81 bits per heavy atom. The molecule has 0 spiro atoms. The molecule has 0 amide bonds. The summed E-state index contributed by atoms with van der Waals surface area (Å²) in [6.07, 6.45) is 4.89. The molecule has 0 aliphatic heterocycles. The molecule has 0 unspecified atom stereocenters. The molecule has 4 heteroatoms. The van der Waals surface area contributed by atoms with Crippen molar-refractivity contribution in [2.45, 2.75) is 25.7 Å². The first-order valence-electron chi connectivity index (χ1n) is 7.22. The molecule has 1 aromatic heterocycles. The number of anilines is 1. The van der Waals surface area contributed by atoms with Crippen molar-refractivity contribution in [1.82, 2.24) is 4.98 Å². The van der Waals surface area contributed by atoms with E-state index in [4.69, 9.17) is 10.5 Å². The van der Waals surface area contributed by atoms with Crippen LogP contribution in [-0.4, -0.2) is 4.98 Å². The Labute approximate surface area is 127 Å². The third kappa shape index (κ3) is 2.25. The molecular weight excluding hydrogens is 280 g/mol. The Hall–Kier alpha value is -2.07. The van der Waals surface area contributed by atoms with Gasteiger partial charge < -0.3 is 10.5 Å². The molecule has 4 rings (SSSR count). The average Bonchev–Trinajstić information content (AvgIpc) is 2.99. The molecule has 0 radical (unpaired) electrons. The van der Waals surface area contributed by atoms with E-state index in [2.05, 4.69) is 17.1 Å². The quantitative estimate of drug-likeness (QED) is 0.706. The highest BCUT2D eigenvalue weighted by atomic mass is 32.1. The van der Waals surface area contributed by atoms with E-state index >= 15 is 0 Å². The number of rotatable bonds is 2. The fourth-order valence-electron chi connectivity index (χ4n) is 2.92. The minimum absolute atomic E-state index is 0.617. The summed E-state index contributed by atoms with van der Waals surface area (Å²) in [4.78, 5) is 4.30. The minimum Gasteiger partial charge on any atom is -0.455 e. The maximum atomic E-state index is 6.17. The number of aryl methyl sites for hydroxylation is 2. The fraction of sp³-hybridized carbons (Fsp3) is 0.235. The fourth-order valence-corrected chi connectivity index (χ4v) is 3.62. The zero-order valence-corrected chi connectivity index (χ0v) is 12.5. The van der Waals surface area contributed by atoms with Gasteiger partial charge in [0.2, 0.25) is 0 Å². The van der Waals surface area contributed by atoms with E-state index in [-0.39, 0.29) is 0 Å². The lowest BCUT2D eigenvalue weighted by molar-refractivity contribution is 0.483. The Balaban J connectivity index is 1.69. The van der Waals surface area contributed by atoms with Gasteiger partial charge in [0.1, 0.15) is 17.0 Å². The maximum Gasteiger partial charge on any atom is 0.152 e. The molecule has 21 heavy (non-hydrogen) atoms. The first kappa shape index (κ1) is 12.7. The molecule has 1 aliphatic carbocycles. The predicted octanol–water partition coefficient (Wildman–Crippen LogP) is 4.55. The Morgan fingerprint density at radius 1 is 1.05 bits per heavy atom. The number of nitrogens with two attached hydrogens (primary N) is 1. The summed E-state index contributed by atoms with van der Waals surface area (Å²) in [7, 11) is 0. The second-order valence-corrected chi connectivity index (χ2v) is 6.30. The van der Waals surface area contributed by atoms with Crippen LogP contribution in [0.1, 0.15) is 24.0 Å². The number of nitrogens with zero attached hydrogens (tertiary/aromatic N) is 1. The number of aromatic nitrogens is 1. The van der Waals surface area contributed by atoms with Crippen molar-refractivity contribution in [2.24, 2.45) is 0 Å². The lowest BCUT2D eigenvalue weighted by Gasteiger charge is -2.17. The van der Waals surface area contributed by atoms with E-state index in [1.54, 1.807) is 11.3 Å². The number of thiazole rings is 1. The smallest absolute Gasteiger partial charge is 0.152 e. The minimum atomic E-state index is 0.617. The molecule has 0 fully saturated rings. The van der Waals surface area contributed by atoms with Crippen molar-refractivity contribution in [2.75, 3.05) is 5.73 Å². The van der Waals surface area contributed by atoms with Gasteiger partial charge in [0.05, 0.1) is 10.2 Å². The van der Waals surface area contributed by atoms with Crippen molar-refractivity contribution in [3.8, 4) is 11.5 Å². The molecule has 0 saturated carbocycles. The van der Waals surface area contributed by atoms with Gasteiger partial charge >= 0.3 is 0 Å². The molecule has 1 heterocycles. The zero-order chi connectivity index (χ0) is 14.2. The third-order valence-corrected chi connectivity index (χ3v) is 4.84. The number of ether oxygens (including phenoxy) is 1. The molecule has 1 aliphatic rings. The topological polar surface area (TPSA) is 48.1 Å². The summed E-state index contributed by atoms with van der Waals surface area (Å²) in [5, 5.41) is 0. The molecule has 2 aromatic carbocycles. The van der Waals surface area contributed by atoms with Crippen LogP contribution in [0, 0.1) is 0 Å². The van der Waals surface area contributed by atoms with E-state index in [1.807, 2.05) is 23.7 Å². The summed E-state index contributed by atoms with van der Waals surface area (Å²) < 4.78 is 7.08. The summed E-state index contributed by atoms with van der Waals surface area (Å²) in [6.45, 7) is 0. The highest BCUT2D eigenvalue weighted by Crippen LogP contribution is 2.35. The van der Waals surface area contributed by atoms with Crippen molar-refractivity contribution in [3.63, 3.8) is 0 Å². The molecule has 3 nitrogen and oxygen atoms in total. The van der Waals surface area contributed by atoms with Gasteiger partial charge in [-0.15, -0.1) is 11.3 Å². The molecule has 106 valence electrons. The average molecular weight is 296 g/mol. The normalized spacial score (nSPS) is 14.1. The summed E-state index contributed by atoms with van der Waals surface area (Å²) in [5.74, 6) is 1.54. The molecule has 0 saturated heterocycles.